The molecule has 0 spiro atoms. The van der Waals surface area contributed by atoms with Crippen molar-refractivity contribution in [1.29, 1.82) is 0 Å². The van der Waals surface area contributed by atoms with Crippen molar-refractivity contribution >= 4 is 23.5 Å². The van der Waals surface area contributed by atoms with Crippen LogP contribution >= 0.6 is 11.6 Å². The molecule has 1 aromatic heterocycles. The Bertz CT molecular complexity index is 1040. The van der Waals surface area contributed by atoms with Gasteiger partial charge in [-0.15, -0.1) is 0 Å². The molecule has 9 heteroatoms. The molecule has 1 saturated heterocycles. The standard InChI is InChI=1S/C24H28ClFN2O5/c1-14-19(26)11-17(23(29)30)22(21(14)24(31)32)16-12-20(27-13-18(16)25)33-10-4-3-5-15-6-8-28(2)9-7-15/h11-13,15H,3-10H2,1-2H3,(H,29,30)(H,31,32). The Kier molecular flexibility index (Phi) is 8.26. The SMILES string of the molecule is Cc1c(F)cc(C(=O)O)c(-c2cc(OCCCCC3CCN(C)CC3)ncc2Cl)c1C(=O)O. The predicted molar refractivity (Wildman–Crippen MR) is 123 cm³/mol. The number of rotatable bonds is 9. The van der Waals surface area contributed by atoms with Gasteiger partial charge in [0, 0.05) is 17.2 Å². The van der Waals surface area contributed by atoms with Crippen LogP contribution in [-0.2, 0) is 0 Å². The van der Waals surface area contributed by atoms with E-state index in [1.54, 1.807) is 0 Å². The number of benzene rings is 1. The highest BCUT2D eigenvalue weighted by Gasteiger charge is 2.27. The van der Waals surface area contributed by atoms with Crippen LogP contribution < -0.4 is 4.74 Å². The van der Waals surface area contributed by atoms with Crippen molar-refractivity contribution < 1.29 is 28.9 Å². The molecule has 1 aliphatic rings. The van der Waals surface area contributed by atoms with E-state index in [9.17, 15) is 24.2 Å². The number of unbranched alkanes of at least 4 members (excludes halogenated alkanes) is 1. The van der Waals surface area contributed by atoms with E-state index in [4.69, 9.17) is 16.3 Å². The first-order valence-corrected chi connectivity index (χ1v) is 11.3. The number of piperidine rings is 1. The fraction of sp³-hybridized carbons (Fsp3) is 0.458. The minimum atomic E-state index is -1.46. The van der Waals surface area contributed by atoms with Gasteiger partial charge in [-0.3, -0.25) is 0 Å². The molecule has 1 aromatic carbocycles. The molecule has 1 fully saturated rings. The van der Waals surface area contributed by atoms with Crippen LogP contribution in [0.2, 0.25) is 5.02 Å². The minimum Gasteiger partial charge on any atom is -0.478 e. The topological polar surface area (TPSA) is 100.0 Å². The van der Waals surface area contributed by atoms with Crippen LogP contribution in [0.3, 0.4) is 0 Å². The van der Waals surface area contributed by atoms with Crippen molar-refractivity contribution in [2.45, 2.75) is 39.0 Å². The summed E-state index contributed by atoms with van der Waals surface area (Å²) in [6, 6.07) is 2.21. The Morgan fingerprint density at radius 2 is 1.91 bits per heavy atom. The van der Waals surface area contributed by atoms with Gasteiger partial charge < -0.3 is 19.8 Å². The third-order valence-electron chi connectivity index (χ3n) is 6.16. The number of aromatic carboxylic acids is 2. The van der Waals surface area contributed by atoms with Gasteiger partial charge in [0.05, 0.1) is 29.0 Å². The molecule has 2 N–H and O–H groups in total. The summed E-state index contributed by atoms with van der Waals surface area (Å²) in [5.74, 6) is -2.89. The Labute approximate surface area is 197 Å². The molecule has 0 unspecified atom stereocenters. The van der Waals surface area contributed by atoms with E-state index in [1.807, 2.05) is 0 Å². The van der Waals surface area contributed by atoms with E-state index in [0.717, 1.165) is 44.3 Å². The molecule has 1 aliphatic heterocycles. The number of carboxylic acid groups (broad SMARTS) is 2. The maximum absolute atomic E-state index is 14.2. The third-order valence-corrected chi connectivity index (χ3v) is 6.46. The lowest BCUT2D eigenvalue weighted by molar-refractivity contribution is 0.0695. The van der Waals surface area contributed by atoms with Crippen LogP contribution in [0.25, 0.3) is 11.1 Å². The van der Waals surface area contributed by atoms with Gasteiger partial charge in [0.2, 0.25) is 5.88 Å². The summed E-state index contributed by atoms with van der Waals surface area (Å²) in [7, 11) is 2.14. The Hall–Kier alpha value is -2.71. The summed E-state index contributed by atoms with van der Waals surface area (Å²) < 4.78 is 20.0. The predicted octanol–water partition coefficient (Wildman–Crippen LogP) is 5.14. The van der Waals surface area contributed by atoms with Crippen LogP contribution in [0.5, 0.6) is 5.88 Å². The molecule has 33 heavy (non-hydrogen) atoms. The molecule has 2 heterocycles. The molecule has 0 radical (unpaired) electrons. The normalized spacial score (nSPS) is 14.9. The number of likely N-dealkylation sites (tertiary alicyclic amines) is 1. The first-order chi connectivity index (χ1) is 15.7. The van der Waals surface area contributed by atoms with Crippen molar-refractivity contribution in [1.82, 2.24) is 9.88 Å². The number of ether oxygens (including phenoxy) is 1. The highest BCUT2D eigenvalue weighted by atomic mass is 35.5. The van der Waals surface area contributed by atoms with E-state index in [1.165, 1.54) is 32.0 Å². The molecular formula is C24H28ClFN2O5. The maximum atomic E-state index is 14.2. The van der Waals surface area contributed by atoms with Gasteiger partial charge in [-0.05, 0) is 70.3 Å². The second-order valence-corrected chi connectivity index (χ2v) is 8.89. The lowest BCUT2D eigenvalue weighted by Gasteiger charge is -2.28. The van der Waals surface area contributed by atoms with Crippen LogP contribution in [-0.4, -0.2) is 58.8 Å². The lowest BCUT2D eigenvalue weighted by Crippen LogP contribution is -2.30. The Morgan fingerprint density at radius 3 is 2.55 bits per heavy atom. The average Bonchev–Trinajstić information content (AvgIpc) is 2.77. The molecule has 0 atom stereocenters. The summed E-state index contributed by atoms with van der Waals surface area (Å²) in [6.07, 6.45) is 6.72. The smallest absolute Gasteiger partial charge is 0.336 e. The Morgan fingerprint density at radius 1 is 1.21 bits per heavy atom. The van der Waals surface area contributed by atoms with E-state index in [-0.39, 0.29) is 27.6 Å². The summed E-state index contributed by atoms with van der Waals surface area (Å²) in [5, 5.41) is 19.3. The van der Waals surface area contributed by atoms with Crippen molar-refractivity contribution in [3.05, 3.63) is 45.9 Å². The first kappa shape index (κ1) is 24.9. The van der Waals surface area contributed by atoms with Gasteiger partial charge in [-0.2, -0.15) is 0 Å². The van der Waals surface area contributed by atoms with E-state index >= 15 is 0 Å². The highest BCUT2D eigenvalue weighted by Crippen LogP contribution is 2.37. The van der Waals surface area contributed by atoms with E-state index in [0.29, 0.717) is 6.61 Å². The van der Waals surface area contributed by atoms with Crippen molar-refractivity contribution in [3.8, 4) is 17.0 Å². The third kappa shape index (κ3) is 6.00. The first-order valence-electron chi connectivity index (χ1n) is 11.0. The second kappa shape index (κ2) is 10.9. The molecule has 2 aromatic rings. The van der Waals surface area contributed by atoms with Crippen LogP contribution in [0, 0.1) is 18.7 Å². The van der Waals surface area contributed by atoms with Crippen molar-refractivity contribution in [2.75, 3.05) is 26.7 Å². The van der Waals surface area contributed by atoms with Gasteiger partial charge in [0.25, 0.3) is 0 Å². The second-order valence-electron chi connectivity index (χ2n) is 8.48. The maximum Gasteiger partial charge on any atom is 0.336 e. The van der Waals surface area contributed by atoms with E-state index in [2.05, 4.69) is 16.9 Å². The van der Waals surface area contributed by atoms with Gasteiger partial charge in [-0.1, -0.05) is 18.0 Å². The number of pyridine rings is 1. The summed E-state index contributed by atoms with van der Waals surface area (Å²) >= 11 is 6.26. The number of carboxylic acids is 2. The number of hydrogen-bond acceptors (Lipinski definition) is 5. The number of aromatic nitrogens is 1. The van der Waals surface area contributed by atoms with Crippen LogP contribution in [0.4, 0.5) is 4.39 Å². The zero-order chi connectivity index (χ0) is 24.1. The molecule has 0 amide bonds. The molecule has 0 saturated carbocycles. The van der Waals surface area contributed by atoms with Crippen LogP contribution in [0.15, 0.2) is 18.3 Å². The molecule has 0 aliphatic carbocycles. The lowest BCUT2D eigenvalue weighted by atomic mass is 9.91. The number of hydrogen-bond donors (Lipinski definition) is 2. The fourth-order valence-electron chi connectivity index (χ4n) is 4.22. The summed E-state index contributed by atoms with van der Waals surface area (Å²) in [4.78, 5) is 30.1. The molecule has 0 bridgehead atoms. The fourth-order valence-corrected chi connectivity index (χ4v) is 4.41. The van der Waals surface area contributed by atoms with Gasteiger partial charge in [0.15, 0.2) is 0 Å². The summed E-state index contributed by atoms with van der Waals surface area (Å²) in [6.45, 7) is 3.97. The van der Waals surface area contributed by atoms with Crippen LogP contribution in [0.1, 0.15) is 58.4 Å². The van der Waals surface area contributed by atoms with Gasteiger partial charge in [0.1, 0.15) is 5.82 Å². The largest absolute Gasteiger partial charge is 0.478 e. The highest BCUT2D eigenvalue weighted by molar-refractivity contribution is 6.33. The quantitative estimate of drug-likeness (QED) is 0.481. The van der Waals surface area contributed by atoms with Gasteiger partial charge >= 0.3 is 11.9 Å². The Balaban J connectivity index is 1.76. The summed E-state index contributed by atoms with van der Waals surface area (Å²) in [5.41, 5.74) is -1.18. The molecule has 3 rings (SSSR count). The molecular weight excluding hydrogens is 451 g/mol. The molecule has 178 valence electrons. The zero-order valence-corrected chi connectivity index (χ0v) is 19.5. The zero-order valence-electron chi connectivity index (χ0n) is 18.7. The average molecular weight is 479 g/mol. The minimum absolute atomic E-state index is 0.0422. The van der Waals surface area contributed by atoms with Gasteiger partial charge in [-0.25, -0.2) is 19.0 Å². The number of halogens is 2. The number of nitrogens with zero attached hydrogens (tertiary/aromatic N) is 2. The number of carbonyl (C=O) groups is 2. The monoisotopic (exact) mass is 478 g/mol. The van der Waals surface area contributed by atoms with E-state index < -0.39 is 28.9 Å². The van der Waals surface area contributed by atoms with Crippen molar-refractivity contribution in [2.24, 2.45) is 5.92 Å². The van der Waals surface area contributed by atoms with Crippen molar-refractivity contribution in [3.63, 3.8) is 0 Å². The molecule has 7 nitrogen and oxygen atoms in total.